The molecule has 3 nitrogen and oxygen atoms in total. The fourth-order valence-corrected chi connectivity index (χ4v) is 2.30. The quantitative estimate of drug-likeness (QED) is 0.770. The van der Waals surface area contributed by atoms with Gasteiger partial charge >= 0.3 is 0 Å². The second-order valence-electron chi connectivity index (χ2n) is 5.71. The molecular weight excluding hydrogens is 198 g/mol. The highest BCUT2D eigenvalue weighted by Gasteiger charge is 2.20. The summed E-state index contributed by atoms with van der Waals surface area (Å²) in [7, 11) is 4.47. The van der Waals surface area contributed by atoms with Gasteiger partial charge in [0.1, 0.15) is 0 Å². The summed E-state index contributed by atoms with van der Waals surface area (Å²) in [6, 6.07) is 1.13. The first kappa shape index (κ1) is 13.9. The van der Waals surface area contributed by atoms with E-state index in [1.165, 1.54) is 25.9 Å². The van der Waals surface area contributed by atoms with Crippen molar-refractivity contribution in [3.05, 3.63) is 0 Å². The molecule has 0 amide bonds. The van der Waals surface area contributed by atoms with Crippen molar-refractivity contribution in [1.29, 1.82) is 0 Å². The molecule has 96 valence electrons. The lowest BCUT2D eigenvalue weighted by Crippen LogP contribution is -2.43. The van der Waals surface area contributed by atoms with E-state index < -0.39 is 0 Å². The number of hydrogen-bond acceptors (Lipinski definition) is 3. The van der Waals surface area contributed by atoms with Gasteiger partial charge in [0.15, 0.2) is 0 Å². The summed E-state index contributed by atoms with van der Waals surface area (Å²) in [5, 5.41) is 0. The van der Waals surface area contributed by atoms with Gasteiger partial charge in [-0.1, -0.05) is 13.8 Å². The summed E-state index contributed by atoms with van der Waals surface area (Å²) in [6.45, 7) is 8.05. The van der Waals surface area contributed by atoms with Crippen molar-refractivity contribution in [2.45, 2.75) is 45.2 Å². The molecule has 1 aliphatic rings. The summed E-state index contributed by atoms with van der Waals surface area (Å²) in [4.78, 5) is 4.93. The first-order chi connectivity index (χ1) is 7.50. The minimum Gasteiger partial charge on any atom is -0.327 e. The van der Waals surface area contributed by atoms with Gasteiger partial charge in [0.25, 0.3) is 0 Å². The predicted octanol–water partition coefficient (Wildman–Crippen LogP) is 1.39. The molecule has 0 unspecified atom stereocenters. The molecule has 1 saturated heterocycles. The molecule has 3 heteroatoms. The molecule has 0 aliphatic carbocycles. The third-order valence-electron chi connectivity index (χ3n) is 3.98. The zero-order valence-electron chi connectivity index (χ0n) is 11.4. The van der Waals surface area contributed by atoms with Crippen molar-refractivity contribution in [2.24, 2.45) is 11.7 Å². The summed E-state index contributed by atoms with van der Waals surface area (Å²) in [5.41, 5.74) is 6.08. The Morgan fingerprint density at radius 3 is 2.38 bits per heavy atom. The summed E-state index contributed by atoms with van der Waals surface area (Å²) in [6.07, 6.45) is 3.74. The molecule has 0 saturated carbocycles. The molecule has 0 radical (unpaired) electrons. The molecule has 0 spiro atoms. The Labute approximate surface area is 101 Å². The molecule has 0 aromatic rings. The average Bonchev–Trinajstić information content (AvgIpc) is 2.26. The molecular formula is C13H29N3. The van der Waals surface area contributed by atoms with Crippen LogP contribution < -0.4 is 5.73 Å². The van der Waals surface area contributed by atoms with E-state index in [2.05, 4.69) is 37.7 Å². The maximum absolute atomic E-state index is 6.08. The highest BCUT2D eigenvalue weighted by atomic mass is 15.2. The second-order valence-corrected chi connectivity index (χ2v) is 5.71. The fourth-order valence-electron chi connectivity index (χ4n) is 2.30. The molecule has 1 atom stereocenters. The van der Waals surface area contributed by atoms with E-state index in [9.17, 15) is 0 Å². The third kappa shape index (κ3) is 4.40. The zero-order chi connectivity index (χ0) is 12.1. The Hall–Kier alpha value is -0.120. The first-order valence-electron chi connectivity index (χ1n) is 6.65. The zero-order valence-corrected chi connectivity index (χ0v) is 11.4. The van der Waals surface area contributed by atoms with Gasteiger partial charge in [-0.05, 0) is 58.9 Å². The smallest absolute Gasteiger partial charge is 0.0117 e. The number of rotatable bonds is 5. The number of nitrogens with zero attached hydrogens (tertiary/aromatic N) is 2. The molecule has 1 rings (SSSR count). The fraction of sp³-hybridized carbons (Fsp3) is 1.00. The minimum absolute atomic E-state index is 0.355. The normalized spacial score (nSPS) is 21.9. The number of piperidine rings is 1. The van der Waals surface area contributed by atoms with Crippen LogP contribution in [0.3, 0.4) is 0 Å². The SMILES string of the molecule is CC(C)[C@@H](N)CCN(C)C1CCN(C)CC1. The Balaban J connectivity index is 2.22. The molecule has 0 aromatic carbocycles. The molecule has 2 N–H and O–H groups in total. The number of hydrogen-bond donors (Lipinski definition) is 1. The lowest BCUT2D eigenvalue weighted by Gasteiger charge is -2.35. The summed E-state index contributed by atoms with van der Waals surface area (Å²) >= 11 is 0. The number of likely N-dealkylation sites (tertiary alicyclic amines) is 1. The second kappa shape index (κ2) is 6.58. The summed E-state index contributed by atoms with van der Waals surface area (Å²) < 4.78 is 0. The Morgan fingerprint density at radius 1 is 1.31 bits per heavy atom. The Bertz CT molecular complexity index is 186. The van der Waals surface area contributed by atoms with Gasteiger partial charge < -0.3 is 15.5 Å². The van der Waals surface area contributed by atoms with Crippen LogP contribution in [0.2, 0.25) is 0 Å². The van der Waals surface area contributed by atoms with Crippen LogP contribution in [0.4, 0.5) is 0 Å². The van der Waals surface area contributed by atoms with Gasteiger partial charge in [0, 0.05) is 12.1 Å². The predicted molar refractivity (Wildman–Crippen MR) is 70.6 cm³/mol. The van der Waals surface area contributed by atoms with Gasteiger partial charge in [0.2, 0.25) is 0 Å². The van der Waals surface area contributed by atoms with Crippen LogP contribution in [0, 0.1) is 5.92 Å². The molecule has 0 aromatic heterocycles. The van der Waals surface area contributed by atoms with Crippen LogP contribution in [0.5, 0.6) is 0 Å². The van der Waals surface area contributed by atoms with Crippen molar-refractivity contribution in [1.82, 2.24) is 9.80 Å². The van der Waals surface area contributed by atoms with Crippen LogP contribution in [0.25, 0.3) is 0 Å². The van der Waals surface area contributed by atoms with Gasteiger partial charge in [-0.2, -0.15) is 0 Å². The highest BCUT2D eigenvalue weighted by Crippen LogP contribution is 2.15. The van der Waals surface area contributed by atoms with Crippen LogP contribution in [0.1, 0.15) is 33.1 Å². The number of nitrogens with two attached hydrogens (primary N) is 1. The minimum atomic E-state index is 0.355. The largest absolute Gasteiger partial charge is 0.327 e. The van der Waals surface area contributed by atoms with E-state index in [0.717, 1.165) is 19.0 Å². The molecule has 0 bridgehead atoms. The third-order valence-corrected chi connectivity index (χ3v) is 3.98. The van der Waals surface area contributed by atoms with Crippen LogP contribution in [0.15, 0.2) is 0 Å². The first-order valence-corrected chi connectivity index (χ1v) is 6.65. The Kier molecular flexibility index (Phi) is 5.73. The van der Waals surface area contributed by atoms with Crippen LogP contribution >= 0.6 is 0 Å². The molecule has 1 aliphatic heterocycles. The lowest BCUT2D eigenvalue weighted by atomic mass is 10.00. The molecule has 16 heavy (non-hydrogen) atoms. The highest BCUT2D eigenvalue weighted by molar-refractivity contribution is 4.78. The summed E-state index contributed by atoms with van der Waals surface area (Å²) in [5.74, 6) is 0.603. The van der Waals surface area contributed by atoms with Gasteiger partial charge in [-0.15, -0.1) is 0 Å². The monoisotopic (exact) mass is 227 g/mol. The lowest BCUT2D eigenvalue weighted by molar-refractivity contribution is 0.140. The van der Waals surface area contributed by atoms with E-state index in [-0.39, 0.29) is 0 Å². The topological polar surface area (TPSA) is 32.5 Å². The van der Waals surface area contributed by atoms with Crippen LogP contribution in [-0.4, -0.2) is 55.6 Å². The van der Waals surface area contributed by atoms with Crippen molar-refractivity contribution in [3.8, 4) is 0 Å². The maximum Gasteiger partial charge on any atom is 0.0117 e. The van der Waals surface area contributed by atoms with E-state index in [1.54, 1.807) is 0 Å². The van der Waals surface area contributed by atoms with Crippen molar-refractivity contribution in [3.63, 3.8) is 0 Å². The molecule has 1 fully saturated rings. The van der Waals surface area contributed by atoms with Gasteiger partial charge in [-0.3, -0.25) is 0 Å². The van der Waals surface area contributed by atoms with Crippen molar-refractivity contribution < 1.29 is 0 Å². The standard InChI is InChI=1S/C13H29N3/c1-11(2)13(14)7-10-16(4)12-5-8-15(3)9-6-12/h11-13H,5-10,14H2,1-4H3/t13-/m0/s1. The van der Waals surface area contributed by atoms with E-state index in [4.69, 9.17) is 5.73 Å². The van der Waals surface area contributed by atoms with Crippen molar-refractivity contribution in [2.75, 3.05) is 33.7 Å². The maximum atomic E-state index is 6.08. The average molecular weight is 227 g/mol. The van der Waals surface area contributed by atoms with Gasteiger partial charge in [-0.25, -0.2) is 0 Å². The van der Waals surface area contributed by atoms with E-state index in [1.807, 2.05) is 0 Å². The molecule has 1 heterocycles. The van der Waals surface area contributed by atoms with E-state index in [0.29, 0.717) is 12.0 Å². The van der Waals surface area contributed by atoms with Crippen molar-refractivity contribution >= 4 is 0 Å². The van der Waals surface area contributed by atoms with E-state index >= 15 is 0 Å². The van der Waals surface area contributed by atoms with Crippen LogP contribution in [-0.2, 0) is 0 Å². The van der Waals surface area contributed by atoms with Gasteiger partial charge in [0.05, 0.1) is 0 Å². The Morgan fingerprint density at radius 2 is 1.88 bits per heavy atom.